The van der Waals surface area contributed by atoms with E-state index in [9.17, 15) is 9.59 Å². The van der Waals surface area contributed by atoms with Crippen LogP contribution in [-0.4, -0.2) is 24.4 Å². The summed E-state index contributed by atoms with van der Waals surface area (Å²) in [5.41, 5.74) is 3.23. The number of hydrogen-bond acceptors (Lipinski definition) is 3. The number of amides is 2. The van der Waals surface area contributed by atoms with Crippen molar-refractivity contribution >= 4 is 23.2 Å². The molecule has 138 valence electrons. The minimum absolute atomic E-state index is 0.0749. The first-order valence-electron chi connectivity index (χ1n) is 8.90. The highest BCUT2D eigenvalue weighted by Crippen LogP contribution is 2.23. The monoisotopic (exact) mass is 353 g/mol. The van der Waals surface area contributed by atoms with Gasteiger partial charge in [-0.3, -0.25) is 9.59 Å². The van der Waals surface area contributed by atoms with Crippen LogP contribution in [0.25, 0.3) is 0 Å². The normalized spacial score (nSPS) is 10.7. The summed E-state index contributed by atoms with van der Waals surface area (Å²) in [7, 11) is 0. The molecule has 2 aromatic rings. The average molecular weight is 353 g/mol. The summed E-state index contributed by atoms with van der Waals surface area (Å²) in [6.45, 7) is 8.15. The molecule has 0 saturated carbocycles. The second-order valence-corrected chi connectivity index (χ2v) is 6.85. The molecule has 0 radical (unpaired) electrons. The molecule has 0 spiro atoms. The molecule has 0 aliphatic rings. The average Bonchev–Trinajstić information content (AvgIpc) is 2.60. The van der Waals surface area contributed by atoms with Crippen LogP contribution in [0.5, 0.6) is 0 Å². The molecule has 0 aliphatic heterocycles. The summed E-state index contributed by atoms with van der Waals surface area (Å²) in [5, 5.41) is 8.87. The number of nitrogens with one attached hydrogen (secondary N) is 3. The highest BCUT2D eigenvalue weighted by molar-refractivity contribution is 5.96. The SMILES string of the molecule is CC(C)NC(=O)c1cccc(NCC(=O)Nc2ccccc2C(C)C)c1. The van der Waals surface area contributed by atoms with Crippen LogP contribution < -0.4 is 16.0 Å². The molecule has 5 nitrogen and oxygen atoms in total. The number of rotatable bonds is 7. The van der Waals surface area contributed by atoms with E-state index < -0.39 is 0 Å². The van der Waals surface area contributed by atoms with Gasteiger partial charge in [0.15, 0.2) is 0 Å². The van der Waals surface area contributed by atoms with E-state index in [2.05, 4.69) is 29.8 Å². The summed E-state index contributed by atoms with van der Waals surface area (Å²) in [6, 6.07) is 15.0. The molecule has 2 amide bonds. The largest absolute Gasteiger partial charge is 0.376 e. The van der Waals surface area contributed by atoms with E-state index in [-0.39, 0.29) is 24.4 Å². The highest BCUT2D eigenvalue weighted by atomic mass is 16.2. The fourth-order valence-corrected chi connectivity index (χ4v) is 2.61. The van der Waals surface area contributed by atoms with Gasteiger partial charge in [0, 0.05) is 23.0 Å². The fraction of sp³-hybridized carbons (Fsp3) is 0.333. The Labute approximate surface area is 155 Å². The topological polar surface area (TPSA) is 70.2 Å². The Morgan fingerprint density at radius 1 is 0.962 bits per heavy atom. The quantitative estimate of drug-likeness (QED) is 0.705. The van der Waals surface area contributed by atoms with Crippen LogP contribution in [0.3, 0.4) is 0 Å². The van der Waals surface area contributed by atoms with Gasteiger partial charge in [-0.25, -0.2) is 0 Å². The summed E-state index contributed by atoms with van der Waals surface area (Å²) in [5.74, 6) is 0.0738. The van der Waals surface area contributed by atoms with E-state index in [1.165, 1.54) is 0 Å². The molecule has 0 unspecified atom stereocenters. The zero-order chi connectivity index (χ0) is 19.1. The first-order valence-corrected chi connectivity index (χ1v) is 8.90. The van der Waals surface area contributed by atoms with Crippen molar-refractivity contribution in [2.75, 3.05) is 17.2 Å². The smallest absolute Gasteiger partial charge is 0.251 e. The van der Waals surface area contributed by atoms with Gasteiger partial charge in [-0.05, 0) is 49.6 Å². The zero-order valence-corrected chi connectivity index (χ0v) is 15.8. The molecule has 5 heteroatoms. The summed E-state index contributed by atoms with van der Waals surface area (Å²) in [4.78, 5) is 24.3. The molecule has 0 bridgehead atoms. The van der Waals surface area contributed by atoms with E-state index in [0.717, 1.165) is 16.9 Å². The van der Waals surface area contributed by atoms with Crippen molar-refractivity contribution in [2.24, 2.45) is 0 Å². The van der Waals surface area contributed by atoms with Gasteiger partial charge >= 0.3 is 0 Å². The lowest BCUT2D eigenvalue weighted by atomic mass is 10.0. The lowest BCUT2D eigenvalue weighted by molar-refractivity contribution is -0.114. The van der Waals surface area contributed by atoms with E-state index >= 15 is 0 Å². The predicted octanol–water partition coefficient (Wildman–Crippen LogP) is 4.00. The Balaban J connectivity index is 1.97. The minimum Gasteiger partial charge on any atom is -0.376 e. The molecule has 0 fully saturated rings. The van der Waals surface area contributed by atoms with Crippen LogP contribution in [0.4, 0.5) is 11.4 Å². The van der Waals surface area contributed by atoms with Crippen LogP contribution in [0.15, 0.2) is 48.5 Å². The Morgan fingerprint density at radius 3 is 2.38 bits per heavy atom. The Morgan fingerprint density at radius 2 is 1.69 bits per heavy atom. The summed E-state index contributed by atoms with van der Waals surface area (Å²) >= 11 is 0. The molecule has 2 aromatic carbocycles. The van der Waals surface area contributed by atoms with Crippen LogP contribution in [0.2, 0.25) is 0 Å². The number of carbonyl (C=O) groups is 2. The van der Waals surface area contributed by atoms with Crippen molar-refractivity contribution < 1.29 is 9.59 Å². The standard InChI is InChI=1S/C21H27N3O2/c1-14(2)18-10-5-6-11-19(18)24-20(25)13-22-17-9-7-8-16(12-17)21(26)23-15(3)4/h5-12,14-15,22H,13H2,1-4H3,(H,23,26)(H,24,25). The maximum Gasteiger partial charge on any atom is 0.251 e. The van der Waals surface area contributed by atoms with Crippen molar-refractivity contribution in [3.63, 3.8) is 0 Å². The molecule has 0 aliphatic carbocycles. The zero-order valence-electron chi connectivity index (χ0n) is 15.8. The van der Waals surface area contributed by atoms with Gasteiger partial charge in [-0.2, -0.15) is 0 Å². The van der Waals surface area contributed by atoms with Crippen LogP contribution in [0.1, 0.15) is 49.5 Å². The Kier molecular flexibility index (Phi) is 6.78. The molecule has 3 N–H and O–H groups in total. The second-order valence-electron chi connectivity index (χ2n) is 6.85. The van der Waals surface area contributed by atoms with Gasteiger partial charge in [-0.1, -0.05) is 38.1 Å². The molecular weight excluding hydrogens is 326 g/mol. The molecule has 0 aromatic heterocycles. The third-order valence-corrected chi connectivity index (χ3v) is 3.85. The third kappa shape index (κ3) is 5.62. The number of carbonyl (C=O) groups excluding carboxylic acids is 2. The molecule has 0 heterocycles. The van der Waals surface area contributed by atoms with E-state index in [0.29, 0.717) is 11.5 Å². The molecule has 2 rings (SSSR count). The van der Waals surface area contributed by atoms with Crippen LogP contribution in [0, 0.1) is 0 Å². The van der Waals surface area contributed by atoms with Crippen LogP contribution >= 0.6 is 0 Å². The van der Waals surface area contributed by atoms with Crippen molar-refractivity contribution in [1.82, 2.24) is 5.32 Å². The third-order valence-electron chi connectivity index (χ3n) is 3.85. The lowest BCUT2D eigenvalue weighted by Gasteiger charge is -2.14. The predicted molar refractivity (Wildman–Crippen MR) is 107 cm³/mol. The number of hydrogen-bond donors (Lipinski definition) is 3. The minimum atomic E-state index is -0.130. The van der Waals surface area contributed by atoms with Gasteiger partial charge in [0.25, 0.3) is 5.91 Å². The molecular formula is C21H27N3O2. The van der Waals surface area contributed by atoms with Gasteiger partial charge in [0.05, 0.1) is 6.54 Å². The number of para-hydroxylation sites is 1. The van der Waals surface area contributed by atoms with E-state index in [1.54, 1.807) is 18.2 Å². The van der Waals surface area contributed by atoms with Gasteiger partial charge in [0.2, 0.25) is 5.91 Å². The first-order chi connectivity index (χ1) is 12.4. The maximum atomic E-state index is 12.3. The second kappa shape index (κ2) is 9.04. The highest BCUT2D eigenvalue weighted by Gasteiger charge is 2.10. The fourth-order valence-electron chi connectivity index (χ4n) is 2.61. The summed E-state index contributed by atoms with van der Waals surface area (Å²) < 4.78 is 0. The van der Waals surface area contributed by atoms with Crippen molar-refractivity contribution in [2.45, 2.75) is 39.7 Å². The summed E-state index contributed by atoms with van der Waals surface area (Å²) in [6.07, 6.45) is 0. The lowest BCUT2D eigenvalue weighted by Crippen LogP contribution is -2.30. The van der Waals surface area contributed by atoms with Crippen LogP contribution in [-0.2, 0) is 4.79 Å². The Bertz CT molecular complexity index is 769. The van der Waals surface area contributed by atoms with Crippen molar-refractivity contribution in [3.8, 4) is 0 Å². The van der Waals surface area contributed by atoms with Gasteiger partial charge in [-0.15, -0.1) is 0 Å². The molecule has 26 heavy (non-hydrogen) atoms. The van der Waals surface area contributed by atoms with Crippen molar-refractivity contribution in [3.05, 3.63) is 59.7 Å². The number of benzene rings is 2. The van der Waals surface area contributed by atoms with Gasteiger partial charge in [0.1, 0.15) is 0 Å². The molecule has 0 saturated heterocycles. The van der Waals surface area contributed by atoms with E-state index in [4.69, 9.17) is 0 Å². The van der Waals surface area contributed by atoms with Crippen molar-refractivity contribution in [1.29, 1.82) is 0 Å². The van der Waals surface area contributed by atoms with Gasteiger partial charge < -0.3 is 16.0 Å². The van der Waals surface area contributed by atoms with E-state index in [1.807, 2.05) is 44.2 Å². The number of anilines is 2. The first kappa shape index (κ1) is 19.5. The Hall–Kier alpha value is -2.82. The molecule has 0 atom stereocenters. The maximum absolute atomic E-state index is 12.3.